The van der Waals surface area contributed by atoms with Gasteiger partial charge in [-0.15, -0.1) is 0 Å². The van der Waals surface area contributed by atoms with Gasteiger partial charge in [0.05, 0.1) is 31.6 Å². The van der Waals surface area contributed by atoms with Crippen LogP contribution in [0.2, 0.25) is 0 Å². The maximum atomic E-state index is 9.60. The number of benzene rings is 2. The molecule has 4 heteroatoms. The van der Waals surface area contributed by atoms with E-state index in [2.05, 4.69) is 36.3 Å². The molecule has 1 heterocycles. The molecular weight excluding hydrogens is 288 g/mol. The monoisotopic (exact) mass is 308 g/mol. The van der Waals surface area contributed by atoms with Gasteiger partial charge in [0, 0.05) is 5.56 Å². The van der Waals surface area contributed by atoms with Crippen molar-refractivity contribution in [2.75, 3.05) is 7.11 Å². The summed E-state index contributed by atoms with van der Waals surface area (Å²) >= 11 is 0. The number of ether oxygens (including phenoxy) is 1. The predicted octanol–water partition coefficient (Wildman–Crippen LogP) is 3.41. The molecule has 23 heavy (non-hydrogen) atoms. The first kappa shape index (κ1) is 15.3. The third-order valence-electron chi connectivity index (χ3n) is 3.86. The molecule has 0 amide bonds. The Balaban J connectivity index is 1.87. The van der Waals surface area contributed by atoms with E-state index >= 15 is 0 Å². The predicted molar refractivity (Wildman–Crippen MR) is 90.4 cm³/mol. The number of aryl methyl sites for hydroxylation is 1. The smallest absolute Gasteiger partial charge is 0.118 e. The Hall–Kier alpha value is -2.59. The summed E-state index contributed by atoms with van der Waals surface area (Å²) in [7, 11) is 1.65. The lowest BCUT2D eigenvalue weighted by Gasteiger charge is -2.06. The normalized spacial score (nSPS) is 10.7. The first-order chi connectivity index (χ1) is 11.2. The fourth-order valence-electron chi connectivity index (χ4n) is 2.49. The molecule has 118 valence electrons. The van der Waals surface area contributed by atoms with Crippen LogP contribution in [0.5, 0.6) is 5.75 Å². The van der Waals surface area contributed by atoms with Gasteiger partial charge in [0.15, 0.2) is 0 Å². The van der Waals surface area contributed by atoms with E-state index < -0.39 is 0 Å². The average Bonchev–Trinajstić information content (AvgIpc) is 2.99. The molecule has 0 radical (unpaired) electrons. The van der Waals surface area contributed by atoms with Crippen molar-refractivity contribution in [3.63, 3.8) is 0 Å². The Bertz CT molecular complexity index is 774. The van der Waals surface area contributed by atoms with Gasteiger partial charge >= 0.3 is 0 Å². The second-order valence-electron chi connectivity index (χ2n) is 5.55. The zero-order valence-corrected chi connectivity index (χ0v) is 13.4. The van der Waals surface area contributed by atoms with Gasteiger partial charge in [-0.2, -0.15) is 5.10 Å². The molecule has 0 aliphatic carbocycles. The lowest BCUT2D eigenvalue weighted by molar-refractivity contribution is 0.269. The van der Waals surface area contributed by atoms with Crippen LogP contribution < -0.4 is 4.74 Å². The molecule has 0 saturated carbocycles. The number of hydrogen-bond donors (Lipinski definition) is 1. The molecule has 0 spiro atoms. The molecule has 3 aromatic rings. The summed E-state index contributed by atoms with van der Waals surface area (Å²) in [4.78, 5) is 0. The van der Waals surface area contributed by atoms with Crippen molar-refractivity contribution in [1.82, 2.24) is 9.78 Å². The minimum Gasteiger partial charge on any atom is -0.497 e. The highest BCUT2D eigenvalue weighted by Crippen LogP contribution is 2.21. The van der Waals surface area contributed by atoms with Crippen LogP contribution in [0.15, 0.2) is 54.6 Å². The third-order valence-corrected chi connectivity index (χ3v) is 3.86. The fraction of sp³-hybridized carbons (Fsp3) is 0.211. The van der Waals surface area contributed by atoms with E-state index in [1.165, 1.54) is 5.56 Å². The van der Waals surface area contributed by atoms with Crippen molar-refractivity contribution in [2.24, 2.45) is 0 Å². The Morgan fingerprint density at radius 1 is 1.04 bits per heavy atom. The van der Waals surface area contributed by atoms with E-state index in [9.17, 15) is 5.11 Å². The molecule has 0 atom stereocenters. The van der Waals surface area contributed by atoms with Gasteiger partial charge in [-0.05, 0) is 30.7 Å². The Morgan fingerprint density at radius 2 is 1.74 bits per heavy atom. The second-order valence-corrected chi connectivity index (χ2v) is 5.55. The van der Waals surface area contributed by atoms with Gasteiger partial charge in [-0.1, -0.05) is 42.0 Å². The SMILES string of the molecule is COc1ccc(Cn2nc(-c3ccc(C)cc3)cc2CO)cc1. The van der Waals surface area contributed by atoms with Crippen LogP contribution in [-0.4, -0.2) is 22.0 Å². The Labute approximate surface area is 136 Å². The lowest BCUT2D eigenvalue weighted by atomic mass is 10.1. The standard InChI is InChI=1S/C19H20N2O2/c1-14-3-7-16(8-4-14)19-11-17(13-22)21(20-19)12-15-5-9-18(23-2)10-6-15/h3-11,22H,12-13H2,1-2H3. The van der Waals surface area contributed by atoms with Crippen LogP contribution >= 0.6 is 0 Å². The van der Waals surface area contributed by atoms with Crippen molar-refractivity contribution < 1.29 is 9.84 Å². The molecular formula is C19H20N2O2. The van der Waals surface area contributed by atoms with Crippen LogP contribution in [0.25, 0.3) is 11.3 Å². The Kier molecular flexibility index (Phi) is 4.44. The van der Waals surface area contributed by atoms with Gasteiger partial charge in [-0.25, -0.2) is 0 Å². The maximum absolute atomic E-state index is 9.60. The summed E-state index contributed by atoms with van der Waals surface area (Å²) in [6.45, 7) is 2.64. The van der Waals surface area contributed by atoms with Crippen molar-refractivity contribution >= 4 is 0 Å². The van der Waals surface area contributed by atoms with Crippen LogP contribution in [0.4, 0.5) is 0 Å². The summed E-state index contributed by atoms with van der Waals surface area (Å²) in [5.41, 5.74) is 5.06. The topological polar surface area (TPSA) is 47.3 Å². The highest BCUT2D eigenvalue weighted by Gasteiger charge is 2.09. The fourth-order valence-corrected chi connectivity index (χ4v) is 2.49. The summed E-state index contributed by atoms with van der Waals surface area (Å²) in [5, 5.41) is 14.2. The molecule has 0 aliphatic rings. The van der Waals surface area contributed by atoms with E-state index in [-0.39, 0.29) is 6.61 Å². The summed E-state index contributed by atoms with van der Waals surface area (Å²) < 4.78 is 7.02. The minimum atomic E-state index is -0.0327. The zero-order valence-electron chi connectivity index (χ0n) is 13.4. The first-order valence-electron chi connectivity index (χ1n) is 7.57. The number of hydrogen-bond acceptors (Lipinski definition) is 3. The molecule has 4 nitrogen and oxygen atoms in total. The quantitative estimate of drug-likeness (QED) is 0.786. The number of nitrogens with zero attached hydrogens (tertiary/aromatic N) is 2. The molecule has 0 saturated heterocycles. The summed E-state index contributed by atoms with van der Waals surface area (Å²) in [5.74, 6) is 0.831. The van der Waals surface area contributed by atoms with Gasteiger partial charge in [-0.3, -0.25) is 4.68 Å². The number of aliphatic hydroxyl groups is 1. The summed E-state index contributed by atoms with van der Waals surface area (Å²) in [6, 6.07) is 18.0. The molecule has 0 unspecified atom stereocenters. The van der Waals surface area contributed by atoms with Crippen molar-refractivity contribution in [2.45, 2.75) is 20.1 Å². The molecule has 2 aromatic carbocycles. The van der Waals surface area contributed by atoms with Gasteiger partial charge < -0.3 is 9.84 Å². The van der Waals surface area contributed by atoms with Crippen LogP contribution in [-0.2, 0) is 13.2 Å². The second kappa shape index (κ2) is 6.67. The molecule has 3 rings (SSSR count). The van der Waals surface area contributed by atoms with E-state index in [4.69, 9.17) is 4.74 Å². The molecule has 0 bridgehead atoms. The number of aliphatic hydroxyl groups excluding tert-OH is 1. The van der Waals surface area contributed by atoms with Crippen molar-refractivity contribution in [1.29, 1.82) is 0 Å². The molecule has 0 aliphatic heterocycles. The highest BCUT2D eigenvalue weighted by molar-refractivity contribution is 5.59. The van der Waals surface area contributed by atoms with Crippen molar-refractivity contribution in [3.8, 4) is 17.0 Å². The van der Waals surface area contributed by atoms with Gasteiger partial charge in [0.1, 0.15) is 5.75 Å². The number of rotatable bonds is 5. The van der Waals surface area contributed by atoms with Crippen LogP contribution in [0.1, 0.15) is 16.8 Å². The Morgan fingerprint density at radius 3 is 2.35 bits per heavy atom. The molecule has 0 fully saturated rings. The van der Waals surface area contributed by atoms with Gasteiger partial charge in [0.25, 0.3) is 0 Å². The van der Waals surface area contributed by atoms with Crippen LogP contribution in [0, 0.1) is 6.92 Å². The number of aromatic nitrogens is 2. The minimum absolute atomic E-state index is 0.0327. The molecule has 1 N–H and O–H groups in total. The zero-order chi connectivity index (χ0) is 16.2. The lowest BCUT2D eigenvalue weighted by Crippen LogP contribution is -2.06. The average molecular weight is 308 g/mol. The van der Waals surface area contributed by atoms with Gasteiger partial charge in [0.2, 0.25) is 0 Å². The van der Waals surface area contributed by atoms with Crippen molar-refractivity contribution in [3.05, 3.63) is 71.4 Å². The first-order valence-corrected chi connectivity index (χ1v) is 7.57. The maximum Gasteiger partial charge on any atom is 0.118 e. The largest absolute Gasteiger partial charge is 0.497 e. The number of methoxy groups -OCH3 is 1. The summed E-state index contributed by atoms with van der Waals surface area (Å²) in [6.07, 6.45) is 0. The van der Waals surface area contributed by atoms with E-state index in [0.29, 0.717) is 6.54 Å². The van der Waals surface area contributed by atoms with E-state index in [0.717, 1.165) is 28.3 Å². The molecule has 1 aromatic heterocycles. The van der Waals surface area contributed by atoms with Crippen LogP contribution in [0.3, 0.4) is 0 Å². The van der Waals surface area contributed by atoms with E-state index in [1.54, 1.807) is 7.11 Å². The third kappa shape index (κ3) is 3.43. The van der Waals surface area contributed by atoms with E-state index in [1.807, 2.05) is 35.0 Å². The highest BCUT2D eigenvalue weighted by atomic mass is 16.5.